The molecule has 0 aromatic carbocycles. The smallest absolute Gasteiger partial charge is 0.211 e. The lowest BCUT2D eigenvalue weighted by atomic mass is 10.1. The highest BCUT2D eigenvalue weighted by molar-refractivity contribution is 7.88. The van der Waals surface area contributed by atoms with Gasteiger partial charge in [-0.3, -0.25) is 0 Å². The van der Waals surface area contributed by atoms with Crippen molar-refractivity contribution in [1.29, 1.82) is 0 Å². The molecule has 7 heteroatoms. The van der Waals surface area contributed by atoms with Crippen LogP contribution in [0.25, 0.3) is 0 Å². The molecular weight excluding hydrogens is 276 g/mol. The van der Waals surface area contributed by atoms with E-state index >= 15 is 0 Å². The lowest BCUT2D eigenvalue weighted by Crippen LogP contribution is -2.45. The van der Waals surface area contributed by atoms with E-state index in [4.69, 9.17) is 0 Å². The SMILES string of the molecule is CCc1cc(N2CCC(N(C)S(C)(=O)=O)CC2)ncn1. The molecule has 2 heterocycles. The van der Waals surface area contributed by atoms with Crippen molar-refractivity contribution in [1.82, 2.24) is 14.3 Å². The number of rotatable bonds is 4. The predicted octanol–water partition coefficient (Wildman–Crippen LogP) is 0.899. The minimum absolute atomic E-state index is 0.0914. The van der Waals surface area contributed by atoms with Gasteiger partial charge in [0.25, 0.3) is 0 Å². The summed E-state index contributed by atoms with van der Waals surface area (Å²) in [5.41, 5.74) is 1.03. The second kappa shape index (κ2) is 6.05. The van der Waals surface area contributed by atoms with Crippen LogP contribution in [0.4, 0.5) is 5.82 Å². The summed E-state index contributed by atoms with van der Waals surface area (Å²) in [5, 5.41) is 0. The van der Waals surface area contributed by atoms with E-state index in [2.05, 4.69) is 21.8 Å². The molecule has 0 N–H and O–H groups in total. The number of anilines is 1. The monoisotopic (exact) mass is 298 g/mol. The minimum Gasteiger partial charge on any atom is -0.356 e. The molecule has 2 rings (SSSR count). The summed E-state index contributed by atoms with van der Waals surface area (Å²) >= 11 is 0. The van der Waals surface area contributed by atoms with Crippen molar-refractivity contribution in [3.63, 3.8) is 0 Å². The maximum Gasteiger partial charge on any atom is 0.211 e. The zero-order valence-corrected chi connectivity index (χ0v) is 13.1. The molecule has 0 atom stereocenters. The Labute approximate surface area is 120 Å². The molecule has 1 aromatic rings. The van der Waals surface area contributed by atoms with Crippen molar-refractivity contribution in [2.45, 2.75) is 32.2 Å². The normalized spacial score (nSPS) is 17.7. The minimum atomic E-state index is -3.11. The van der Waals surface area contributed by atoms with E-state index in [1.165, 1.54) is 10.6 Å². The fourth-order valence-electron chi connectivity index (χ4n) is 2.48. The van der Waals surface area contributed by atoms with Gasteiger partial charge in [-0.15, -0.1) is 0 Å². The highest BCUT2D eigenvalue weighted by atomic mass is 32.2. The Hall–Kier alpha value is -1.21. The van der Waals surface area contributed by atoms with Crippen LogP contribution in [0.5, 0.6) is 0 Å². The van der Waals surface area contributed by atoms with Crippen LogP contribution in [-0.2, 0) is 16.4 Å². The van der Waals surface area contributed by atoms with Crippen LogP contribution in [0, 0.1) is 0 Å². The molecule has 0 aliphatic carbocycles. The van der Waals surface area contributed by atoms with Crippen molar-refractivity contribution < 1.29 is 8.42 Å². The molecule has 1 aromatic heterocycles. The number of aromatic nitrogens is 2. The van der Waals surface area contributed by atoms with Gasteiger partial charge in [0.1, 0.15) is 12.1 Å². The number of sulfonamides is 1. The van der Waals surface area contributed by atoms with Crippen LogP contribution in [0.3, 0.4) is 0 Å². The van der Waals surface area contributed by atoms with E-state index in [-0.39, 0.29) is 6.04 Å². The molecular formula is C13H22N4O2S. The second-order valence-corrected chi connectivity index (χ2v) is 7.26. The maximum absolute atomic E-state index is 11.6. The molecule has 0 amide bonds. The maximum atomic E-state index is 11.6. The van der Waals surface area contributed by atoms with E-state index in [0.29, 0.717) is 0 Å². The molecule has 0 bridgehead atoms. The number of hydrogen-bond acceptors (Lipinski definition) is 5. The lowest BCUT2D eigenvalue weighted by Gasteiger charge is -2.36. The standard InChI is InChI=1S/C13H22N4O2S/c1-4-11-9-13(15-10-14-11)17-7-5-12(6-8-17)16(2)20(3,18)19/h9-10,12H,4-8H2,1-3H3. The zero-order chi connectivity index (χ0) is 14.8. The van der Waals surface area contributed by atoms with Crippen molar-refractivity contribution in [3.8, 4) is 0 Å². The number of hydrogen-bond donors (Lipinski definition) is 0. The van der Waals surface area contributed by atoms with E-state index in [1.54, 1.807) is 13.4 Å². The van der Waals surface area contributed by atoms with Gasteiger partial charge < -0.3 is 4.90 Å². The Morgan fingerprint density at radius 1 is 1.35 bits per heavy atom. The molecule has 20 heavy (non-hydrogen) atoms. The summed E-state index contributed by atoms with van der Waals surface area (Å²) in [5.74, 6) is 0.942. The average Bonchev–Trinajstić information content (AvgIpc) is 2.46. The lowest BCUT2D eigenvalue weighted by molar-refractivity contribution is 0.313. The Kier molecular flexibility index (Phi) is 4.59. The molecule has 1 saturated heterocycles. The van der Waals surface area contributed by atoms with Gasteiger partial charge in [-0.25, -0.2) is 22.7 Å². The third-order valence-corrected chi connectivity index (χ3v) is 5.24. The molecule has 0 spiro atoms. The molecule has 1 aliphatic heterocycles. The largest absolute Gasteiger partial charge is 0.356 e. The van der Waals surface area contributed by atoms with Crippen LogP contribution in [0.1, 0.15) is 25.5 Å². The van der Waals surface area contributed by atoms with Gasteiger partial charge in [0.2, 0.25) is 10.0 Å². The average molecular weight is 298 g/mol. The zero-order valence-electron chi connectivity index (χ0n) is 12.3. The van der Waals surface area contributed by atoms with Crippen LogP contribution in [-0.4, -0.2) is 55.1 Å². The molecule has 1 fully saturated rings. The van der Waals surface area contributed by atoms with Gasteiger partial charge in [0.05, 0.1) is 6.26 Å². The first-order chi connectivity index (χ1) is 9.41. The molecule has 0 unspecified atom stereocenters. The first kappa shape index (κ1) is 15.2. The van der Waals surface area contributed by atoms with Gasteiger partial charge >= 0.3 is 0 Å². The van der Waals surface area contributed by atoms with Gasteiger partial charge in [-0.1, -0.05) is 6.92 Å². The first-order valence-corrected chi connectivity index (χ1v) is 8.75. The van der Waals surface area contributed by atoms with Crippen LogP contribution >= 0.6 is 0 Å². The second-order valence-electron chi connectivity index (χ2n) is 5.22. The van der Waals surface area contributed by atoms with Gasteiger partial charge in [-0.2, -0.15) is 0 Å². The highest BCUT2D eigenvalue weighted by Crippen LogP contribution is 2.21. The van der Waals surface area contributed by atoms with E-state index in [1.807, 2.05) is 6.07 Å². The molecule has 0 saturated carbocycles. The van der Waals surface area contributed by atoms with Crippen molar-refractivity contribution in [3.05, 3.63) is 18.1 Å². The molecule has 6 nitrogen and oxygen atoms in total. The fourth-order valence-corrected chi connectivity index (χ4v) is 3.23. The third-order valence-electron chi connectivity index (χ3n) is 3.90. The van der Waals surface area contributed by atoms with Crippen molar-refractivity contribution in [2.75, 3.05) is 31.3 Å². The van der Waals surface area contributed by atoms with E-state index < -0.39 is 10.0 Å². The Balaban J connectivity index is 2.00. The van der Waals surface area contributed by atoms with Crippen LogP contribution in [0.2, 0.25) is 0 Å². The summed E-state index contributed by atoms with van der Waals surface area (Å²) < 4.78 is 24.6. The van der Waals surface area contributed by atoms with Crippen molar-refractivity contribution in [2.24, 2.45) is 0 Å². The Bertz CT molecular complexity index is 553. The predicted molar refractivity (Wildman–Crippen MR) is 79.3 cm³/mol. The van der Waals surface area contributed by atoms with E-state index in [9.17, 15) is 8.42 Å². The summed E-state index contributed by atoms with van der Waals surface area (Å²) in [4.78, 5) is 10.7. The Morgan fingerprint density at radius 2 is 2.00 bits per heavy atom. The van der Waals surface area contributed by atoms with E-state index in [0.717, 1.165) is 43.9 Å². The number of nitrogens with zero attached hydrogens (tertiary/aromatic N) is 4. The van der Waals surface area contributed by atoms with Gasteiger partial charge in [-0.05, 0) is 19.3 Å². The topological polar surface area (TPSA) is 66.4 Å². The molecule has 112 valence electrons. The fraction of sp³-hybridized carbons (Fsp3) is 0.692. The Morgan fingerprint density at radius 3 is 2.55 bits per heavy atom. The van der Waals surface area contributed by atoms with Gasteiger partial charge in [0.15, 0.2) is 0 Å². The number of aryl methyl sites for hydroxylation is 1. The van der Waals surface area contributed by atoms with Gasteiger partial charge in [0, 0.05) is 37.9 Å². The third kappa shape index (κ3) is 3.46. The highest BCUT2D eigenvalue weighted by Gasteiger charge is 2.27. The molecule has 0 radical (unpaired) electrons. The summed E-state index contributed by atoms with van der Waals surface area (Å²) in [6.07, 6.45) is 5.41. The first-order valence-electron chi connectivity index (χ1n) is 6.90. The quantitative estimate of drug-likeness (QED) is 0.826. The number of piperidine rings is 1. The molecule has 1 aliphatic rings. The van der Waals surface area contributed by atoms with Crippen LogP contribution < -0.4 is 4.90 Å². The summed E-state index contributed by atoms with van der Waals surface area (Å²) in [6, 6.07) is 2.11. The summed E-state index contributed by atoms with van der Waals surface area (Å²) in [6.45, 7) is 3.72. The van der Waals surface area contributed by atoms with Crippen molar-refractivity contribution >= 4 is 15.8 Å². The van der Waals surface area contributed by atoms with Crippen LogP contribution in [0.15, 0.2) is 12.4 Å². The summed E-state index contributed by atoms with van der Waals surface area (Å²) in [7, 11) is -1.44.